The number of nitrogens with zero attached hydrogens (tertiary/aromatic N) is 4. The fourth-order valence-corrected chi connectivity index (χ4v) is 7.04. The fraction of sp³-hybridized carbons (Fsp3) is 0.684. The lowest BCUT2D eigenvalue weighted by Gasteiger charge is -2.24. The average Bonchev–Trinajstić information content (AvgIpc) is 2.96. The quantitative estimate of drug-likeness (QED) is 0.500. The summed E-state index contributed by atoms with van der Waals surface area (Å²) in [6.07, 6.45) is 1.26. The first-order valence-corrected chi connectivity index (χ1v) is 12.9. The molecular weight excluding hydrogens is 445 g/mol. The highest BCUT2D eigenvalue weighted by atomic mass is 35.5. The van der Waals surface area contributed by atoms with Crippen LogP contribution in [0.1, 0.15) is 33.2 Å². The number of hydrogen-bond donors (Lipinski definition) is 1. The number of imidazole rings is 1. The van der Waals surface area contributed by atoms with Gasteiger partial charge in [-0.25, -0.2) is 4.98 Å². The van der Waals surface area contributed by atoms with Gasteiger partial charge in [0.1, 0.15) is 17.7 Å². The van der Waals surface area contributed by atoms with Gasteiger partial charge in [-0.05, 0) is 44.7 Å². The van der Waals surface area contributed by atoms with Crippen LogP contribution in [-0.2, 0) is 23.4 Å². The minimum Gasteiger partial charge on any atom is -0.382 e. The molecule has 12 heteroatoms. The van der Waals surface area contributed by atoms with Crippen molar-refractivity contribution in [2.24, 2.45) is 11.3 Å². The lowest BCUT2D eigenvalue weighted by atomic mass is 9.95. The summed E-state index contributed by atoms with van der Waals surface area (Å²) >= 11 is 6.04. The number of nitrogen functional groups attached to an aromatic ring is 1. The number of ketones is 1. The predicted octanol–water partition coefficient (Wildman–Crippen LogP) is 2.66. The normalized spacial score (nSPS) is 35.0. The molecule has 168 valence electrons. The lowest BCUT2D eigenvalue weighted by Crippen LogP contribution is -2.37. The Kier molecular flexibility index (Phi) is 4.61. The molecule has 2 N–H and O–H groups in total. The van der Waals surface area contributed by atoms with Gasteiger partial charge in [-0.15, -0.1) is 0 Å². The summed E-state index contributed by atoms with van der Waals surface area (Å²) < 4.78 is 32.4. The molecule has 6 atom stereocenters. The zero-order valence-corrected chi connectivity index (χ0v) is 19.4. The van der Waals surface area contributed by atoms with Gasteiger partial charge in [0.15, 0.2) is 23.0 Å². The Morgan fingerprint density at radius 3 is 2.87 bits per heavy atom. The van der Waals surface area contributed by atoms with Crippen LogP contribution in [0.2, 0.25) is 5.28 Å². The van der Waals surface area contributed by atoms with Gasteiger partial charge >= 0.3 is 0 Å². The van der Waals surface area contributed by atoms with E-state index >= 15 is 0 Å². The third kappa shape index (κ3) is 3.15. The van der Waals surface area contributed by atoms with Gasteiger partial charge in [0.05, 0.1) is 30.6 Å². The highest BCUT2D eigenvalue weighted by Gasteiger charge is 2.79. The third-order valence-corrected chi connectivity index (χ3v) is 8.37. The molecule has 0 radical (unpaired) electrons. The smallest absolute Gasteiger partial charge is 0.226 e. The highest BCUT2D eigenvalue weighted by molar-refractivity contribution is 7.59. The summed E-state index contributed by atoms with van der Waals surface area (Å²) in [4.78, 5) is 26.1. The summed E-state index contributed by atoms with van der Waals surface area (Å²) in [6, 6.07) is -0.255. The highest BCUT2D eigenvalue weighted by Crippen LogP contribution is 2.72. The van der Waals surface area contributed by atoms with E-state index in [0.29, 0.717) is 24.2 Å². The number of fused-ring (bicyclic) bond motifs is 4. The van der Waals surface area contributed by atoms with Crippen LogP contribution < -0.4 is 5.73 Å². The van der Waals surface area contributed by atoms with E-state index in [1.807, 2.05) is 18.4 Å². The van der Waals surface area contributed by atoms with Gasteiger partial charge in [0.25, 0.3) is 0 Å². The van der Waals surface area contributed by atoms with Crippen molar-refractivity contribution in [2.75, 3.05) is 25.2 Å². The molecule has 2 aromatic heterocycles. The number of nitrogens with two attached hydrogens (primary N) is 1. The van der Waals surface area contributed by atoms with E-state index < -0.39 is 30.8 Å². The zero-order valence-electron chi connectivity index (χ0n) is 17.7. The predicted molar refractivity (Wildman–Crippen MR) is 113 cm³/mol. The topological polar surface area (TPSA) is 131 Å². The molecule has 2 aliphatic carbocycles. The van der Waals surface area contributed by atoms with Crippen LogP contribution in [0.4, 0.5) is 5.82 Å². The second-order valence-corrected chi connectivity index (χ2v) is 12.0. The molecule has 2 aromatic rings. The van der Waals surface area contributed by atoms with Gasteiger partial charge in [-0.1, -0.05) is 0 Å². The van der Waals surface area contributed by atoms with Crippen LogP contribution in [0.3, 0.4) is 0 Å². The molecule has 5 rings (SSSR count). The number of carbonyl (C=O) groups excluding carboxylic acids is 1. The molecule has 1 unspecified atom stereocenters. The molecule has 31 heavy (non-hydrogen) atoms. The maximum atomic E-state index is 13.5. The number of anilines is 1. The SMILES string of the molecule is CCOP(C)(=O)CC(=O)[C@]12C[C@@H]1[C@@H](n1cnc3c(N)nc(Cl)nc31)[C@@H]1OC(C)(C)O[C@@H]12. The molecule has 1 aliphatic heterocycles. The minimum atomic E-state index is -3.04. The largest absolute Gasteiger partial charge is 0.382 e. The number of carbonyl (C=O) groups is 1. The van der Waals surface area contributed by atoms with Crippen molar-refractivity contribution >= 4 is 41.7 Å². The van der Waals surface area contributed by atoms with Crippen molar-refractivity contribution in [3.63, 3.8) is 0 Å². The molecular formula is C19H25ClN5O5P. The fourth-order valence-electron chi connectivity index (χ4n) is 5.41. The van der Waals surface area contributed by atoms with Crippen LogP contribution >= 0.6 is 19.0 Å². The van der Waals surface area contributed by atoms with Crippen LogP contribution in [0.25, 0.3) is 11.2 Å². The van der Waals surface area contributed by atoms with E-state index in [2.05, 4.69) is 15.0 Å². The first-order chi connectivity index (χ1) is 14.5. The zero-order chi connectivity index (χ0) is 22.3. The molecule has 3 fully saturated rings. The van der Waals surface area contributed by atoms with Crippen molar-refractivity contribution in [3.05, 3.63) is 11.6 Å². The molecule has 0 amide bonds. The molecule has 3 heterocycles. The van der Waals surface area contributed by atoms with Gasteiger partial charge in [-0.3, -0.25) is 9.36 Å². The van der Waals surface area contributed by atoms with Gasteiger partial charge in [0.2, 0.25) is 12.7 Å². The number of rotatable bonds is 6. The van der Waals surface area contributed by atoms with Crippen LogP contribution in [0, 0.1) is 11.3 Å². The van der Waals surface area contributed by atoms with Crippen molar-refractivity contribution in [2.45, 2.75) is 51.2 Å². The maximum Gasteiger partial charge on any atom is 0.226 e. The molecule has 10 nitrogen and oxygen atoms in total. The van der Waals surface area contributed by atoms with Gasteiger partial charge < -0.3 is 24.3 Å². The van der Waals surface area contributed by atoms with Crippen LogP contribution in [-0.4, -0.2) is 62.7 Å². The van der Waals surface area contributed by atoms with Crippen molar-refractivity contribution in [1.82, 2.24) is 19.5 Å². The standard InChI is InChI=1S/C19H25ClN5O5P/c1-5-28-31(4,27)7-10(26)19-6-9(19)12(13-14(19)30-18(2,3)29-13)25-8-22-11-15(21)23-17(20)24-16(11)25/h8-9,12-14H,5-7H2,1-4H3,(H2,21,23,24)/t9-,12-,13+,14+,19+,31?/m1/s1. The molecule has 0 bridgehead atoms. The molecule has 2 saturated carbocycles. The number of Topliss-reactive ketones (excluding diaryl/α,β-unsaturated/α-hetero) is 1. The van der Waals surface area contributed by atoms with E-state index in [0.717, 1.165) is 0 Å². The molecule has 1 saturated heterocycles. The van der Waals surface area contributed by atoms with Gasteiger partial charge in [-0.2, -0.15) is 9.97 Å². The molecule has 0 aromatic carbocycles. The van der Waals surface area contributed by atoms with Crippen molar-refractivity contribution in [3.8, 4) is 0 Å². The first-order valence-electron chi connectivity index (χ1n) is 10.2. The Morgan fingerprint density at radius 1 is 1.42 bits per heavy atom. The minimum absolute atomic E-state index is 0.0204. The van der Waals surface area contributed by atoms with E-state index in [9.17, 15) is 9.36 Å². The Balaban J connectivity index is 1.56. The third-order valence-electron chi connectivity index (χ3n) is 6.54. The van der Waals surface area contributed by atoms with Crippen LogP contribution in [0.5, 0.6) is 0 Å². The van der Waals surface area contributed by atoms with E-state index in [-0.39, 0.29) is 35.0 Å². The second-order valence-electron chi connectivity index (χ2n) is 9.08. The van der Waals surface area contributed by atoms with Crippen LogP contribution in [0.15, 0.2) is 6.33 Å². The Bertz CT molecular complexity index is 1140. The van der Waals surface area contributed by atoms with E-state index in [4.69, 9.17) is 31.3 Å². The Labute approximate surface area is 184 Å². The first kappa shape index (κ1) is 21.3. The van der Waals surface area contributed by atoms with Gasteiger partial charge in [0, 0.05) is 6.66 Å². The number of ether oxygens (including phenoxy) is 2. The summed E-state index contributed by atoms with van der Waals surface area (Å²) in [6.45, 7) is 7.21. The lowest BCUT2D eigenvalue weighted by molar-refractivity contribution is -0.163. The monoisotopic (exact) mass is 469 g/mol. The maximum absolute atomic E-state index is 13.5. The molecule has 0 spiro atoms. The summed E-state index contributed by atoms with van der Waals surface area (Å²) in [7, 11) is -3.04. The van der Waals surface area contributed by atoms with Crippen molar-refractivity contribution < 1.29 is 23.4 Å². The number of halogens is 1. The van der Waals surface area contributed by atoms with E-state index in [1.54, 1.807) is 13.3 Å². The van der Waals surface area contributed by atoms with E-state index in [1.165, 1.54) is 6.66 Å². The summed E-state index contributed by atoms with van der Waals surface area (Å²) in [5.74, 6) is -0.840. The second kappa shape index (κ2) is 6.71. The summed E-state index contributed by atoms with van der Waals surface area (Å²) in [5, 5.41) is 0.0204. The number of aromatic nitrogens is 4. The average molecular weight is 470 g/mol. The Hall–Kier alpha value is -1.58. The Morgan fingerprint density at radius 2 is 2.16 bits per heavy atom. The number of hydrogen-bond acceptors (Lipinski definition) is 9. The van der Waals surface area contributed by atoms with Crippen molar-refractivity contribution in [1.29, 1.82) is 0 Å². The molecule has 3 aliphatic rings. The summed E-state index contributed by atoms with van der Waals surface area (Å²) in [5.41, 5.74) is 6.13.